The van der Waals surface area contributed by atoms with Gasteiger partial charge in [-0.2, -0.15) is 0 Å². The molecule has 19 heavy (non-hydrogen) atoms. The van der Waals surface area contributed by atoms with Crippen molar-refractivity contribution in [2.45, 2.75) is 13.5 Å². The van der Waals surface area contributed by atoms with Gasteiger partial charge in [0.1, 0.15) is 5.82 Å². The lowest BCUT2D eigenvalue weighted by molar-refractivity contribution is 0.0779. The number of halogens is 1. The van der Waals surface area contributed by atoms with Crippen LogP contribution in [-0.4, -0.2) is 22.8 Å². The van der Waals surface area contributed by atoms with E-state index in [1.807, 2.05) is 5.38 Å². The summed E-state index contributed by atoms with van der Waals surface area (Å²) in [5.41, 5.74) is 8.87. The van der Waals surface area contributed by atoms with E-state index in [0.29, 0.717) is 17.8 Å². The van der Waals surface area contributed by atoms with Crippen LogP contribution < -0.4 is 5.73 Å². The molecule has 2 rings (SSSR count). The number of nitrogen functional groups attached to an aromatic ring is 1. The molecule has 1 amide bonds. The highest BCUT2D eigenvalue weighted by molar-refractivity contribution is 7.07. The smallest absolute Gasteiger partial charge is 0.257 e. The Morgan fingerprint density at radius 2 is 2.26 bits per heavy atom. The molecule has 6 heteroatoms. The molecular weight excluding hydrogens is 265 g/mol. The van der Waals surface area contributed by atoms with E-state index in [1.165, 1.54) is 28.4 Å². The second-order valence-electron chi connectivity index (χ2n) is 4.34. The third-order valence-corrected chi connectivity index (χ3v) is 3.37. The van der Waals surface area contributed by atoms with Gasteiger partial charge >= 0.3 is 0 Å². The van der Waals surface area contributed by atoms with Crippen molar-refractivity contribution < 1.29 is 9.18 Å². The van der Waals surface area contributed by atoms with Crippen molar-refractivity contribution in [1.82, 2.24) is 9.88 Å². The molecule has 0 fully saturated rings. The molecule has 2 aromatic rings. The summed E-state index contributed by atoms with van der Waals surface area (Å²) in [6, 6.07) is 2.87. The van der Waals surface area contributed by atoms with Gasteiger partial charge in [0.05, 0.1) is 23.3 Å². The molecule has 0 bridgehead atoms. The first-order valence-corrected chi connectivity index (χ1v) is 6.61. The summed E-state index contributed by atoms with van der Waals surface area (Å²) in [7, 11) is 1.61. The number of carbonyl (C=O) groups excluding carboxylic acids is 1. The quantitative estimate of drug-likeness (QED) is 0.878. The van der Waals surface area contributed by atoms with E-state index >= 15 is 0 Å². The van der Waals surface area contributed by atoms with Crippen LogP contribution in [0.5, 0.6) is 0 Å². The number of amides is 1. The zero-order chi connectivity index (χ0) is 14.0. The molecule has 0 aliphatic carbocycles. The molecular formula is C13H14FN3OS. The Balaban J connectivity index is 2.24. The number of aromatic nitrogens is 1. The lowest BCUT2D eigenvalue weighted by Crippen LogP contribution is -2.27. The zero-order valence-corrected chi connectivity index (χ0v) is 11.5. The van der Waals surface area contributed by atoms with E-state index in [1.54, 1.807) is 19.5 Å². The maximum absolute atomic E-state index is 14.0. The third kappa shape index (κ3) is 2.90. The predicted molar refractivity (Wildman–Crippen MR) is 73.5 cm³/mol. The average molecular weight is 279 g/mol. The standard InChI is InChI=1S/C13H14FN3OS/c1-8-3-9(15)4-11(12(8)14)13(18)17(2)5-10-6-19-7-16-10/h3-4,6-7H,5,15H2,1-2H3. The number of anilines is 1. The Morgan fingerprint density at radius 1 is 1.53 bits per heavy atom. The summed E-state index contributed by atoms with van der Waals surface area (Å²) in [5.74, 6) is -0.926. The molecule has 1 aromatic carbocycles. The zero-order valence-electron chi connectivity index (χ0n) is 10.7. The number of rotatable bonds is 3. The van der Waals surface area contributed by atoms with Gasteiger partial charge < -0.3 is 10.6 Å². The molecule has 2 N–H and O–H groups in total. The number of aryl methyl sites for hydroxylation is 1. The van der Waals surface area contributed by atoms with Gasteiger partial charge in [0.15, 0.2) is 0 Å². The van der Waals surface area contributed by atoms with Gasteiger partial charge in [-0.05, 0) is 24.6 Å². The number of carbonyl (C=O) groups is 1. The third-order valence-electron chi connectivity index (χ3n) is 2.74. The van der Waals surface area contributed by atoms with Gasteiger partial charge in [-0.25, -0.2) is 9.37 Å². The van der Waals surface area contributed by atoms with Gasteiger partial charge in [0.25, 0.3) is 5.91 Å². The second-order valence-corrected chi connectivity index (χ2v) is 5.06. The van der Waals surface area contributed by atoms with Crippen molar-refractivity contribution in [2.24, 2.45) is 0 Å². The number of thiazole rings is 1. The van der Waals surface area contributed by atoms with Crippen molar-refractivity contribution in [3.63, 3.8) is 0 Å². The van der Waals surface area contributed by atoms with Crippen molar-refractivity contribution in [3.05, 3.63) is 45.7 Å². The van der Waals surface area contributed by atoms with Crippen molar-refractivity contribution in [2.75, 3.05) is 12.8 Å². The Hall–Kier alpha value is -1.95. The Morgan fingerprint density at radius 3 is 2.89 bits per heavy atom. The summed E-state index contributed by atoms with van der Waals surface area (Å²) in [6.07, 6.45) is 0. The number of nitrogens with zero attached hydrogens (tertiary/aromatic N) is 2. The maximum Gasteiger partial charge on any atom is 0.257 e. The number of hydrogen-bond acceptors (Lipinski definition) is 4. The molecule has 0 atom stereocenters. The highest BCUT2D eigenvalue weighted by Gasteiger charge is 2.19. The highest BCUT2D eigenvalue weighted by Crippen LogP contribution is 2.19. The van der Waals surface area contributed by atoms with Crippen molar-refractivity contribution in [3.8, 4) is 0 Å². The monoisotopic (exact) mass is 279 g/mol. The summed E-state index contributed by atoms with van der Waals surface area (Å²) in [6.45, 7) is 1.93. The normalized spacial score (nSPS) is 10.5. The Kier molecular flexibility index (Phi) is 3.80. The van der Waals surface area contributed by atoms with Crippen LogP contribution in [0.15, 0.2) is 23.0 Å². The van der Waals surface area contributed by atoms with E-state index in [2.05, 4.69) is 4.98 Å². The van der Waals surface area contributed by atoms with Crippen LogP contribution in [0.25, 0.3) is 0 Å². The van der Waals surface area contributed by atoms with Crippen molar-refractivity contribution >= 4 is 22.9 Å². The van der Waals surface area contributed by atoms with Gasteiger partial charge in [-0.1, -0.05) is 0 Å². The van der Waals surface area contributed by atoms with E-state index in [-0.39, 0.29) is 5.56 Å². The number of hydrogen-bond donors (Lipinski definition) is 1. The molecule has 0 radical (unpaired) electrons. The van der Waals surface area contributed by atoms with Crippen LogP contribution in [0.1, 0.15) is 21.6 Å². The van der Waals surface area contributed by atoms with E-state index in [0.717, 1.165) is 5.69 Å². The minimum Gasteiger partial charge on any atom is -0.399 e. The molecule has 1 aromatic heterocycles. The predicted octanol–water partition coefficient (Wildman–Crippen LogP) is 2.45. The van der Waals surface area contributed by atoms with Crippen LogP contribution in [-0.2, 0) is 6.54 Å². The molecule has 0 aliphatic heterocycles. The summed E-state index contributed by atoms with van der Waals surface area (Å²) in [5, 5.41) is 1.85. The van der Waals surface area contributed by atoms with Gasteiger partial charge in [0, 0.05) is 18.1 Å². The van der Waals surface area contributed by atoms with Crippen LogP contribution in [0, 0.1) is 12.7 Å². The molecule has 0 unspecified atom stereocenters. The molecule has 1 heterocycles. The topological polar surface area (TPSA) is 59.2 Å². The Bertz CT molecular complexity index is 598. The fraction of sp³-hybridized carbons (Fsp3) is 0.231. The first kappa shape index (κ1) is 13.5. The summed E-state index contributed by atoms with van der Waals surface area (Å²) >= 11 is 1.45. The minimum atomic E-state index is -0.524. The highest BCUT2D eigenvalue weighted by atomic mass is 32.1. The average Bonchev–Trinajstić information content (AvgIpc) is 2.85. The summed E-state index contributed by atoms with van der Waals surface area (Å²) < 4.78 is 14.0. The van der Waals surface area contributed by atoms with Crippen LogP contribution in [0.2, 0.25) is 0 Å². The van der Waals surface area contributed by atoms with Crippen molar-refractivity contribution in [1.29, 1.82) is 0 Å². The SMILES string of the molecule is Cc1cc(N)cc(C(=O)N(C)Cc2cscn2)c1F. The van der Waals surface area contributed by atoms with Crippen LogP contribution in [0.3, 0.4) is 0 Å². The van der Waals surface area contributed by atoms with Gasteiger partial charge in [-0.15, -0.1) is 11.3 Å². The lowest BCUT2D eigenvalue weighted by atomic mass is 10.1. The maximum atomic E-state index is 14.0. The first-order chi connectivity index (χ1) is 8.99. The molecule has 0 spiro atoms. The van der Waals surface area contributed by atoms with E-state index in [4.69, 9.17) is 5.73 Å². The van der Waals surface area contributed by atoms with Crippen LogP contribution in [0.4, 0.5) is 10.1 Å². The van der Waals surface area contributed by atoms with Gasteiger partial charge in [0.2, 0.25) is 0 Å². The number of benzene rings is 1. The molecule has 0 aliphatic rings. The fourth-order valence-electron chi connectivity index (χ4n) is 1.79. The summed E-state index contributed by atoms with van der Waals surface area (Å²) in [4.78, 5) is 17.7. The Labute approximate surface area is 114 Å². The molecule has 0 saturated heterocycles. The fourth-order valence-corrected chi connectivity index (χ4v) is 2.34. The number of nitrogens with two attached hydrogens (primary N) is 1. The minimum absolute atomic E-state index is 0.00442. The molecule has 0 saturated carbocycles. The lowest BCUT2D eigenvalue weighted by Gasteiger charge is -2.17. The second kappa shape index (κ2) is 5.36. The van der Waals surface area contributed by atoms with Gasteiger partial charge in [-0.3, -0.25) is 4.79 Å². The largest absolute Gasteiger partial charge is 0.399 e. The van der Waals surface area contributed by atoms with Crippen LogP contribution >= 0.6 is 11.3 Å². The van der Waals surface area contributed by atoms with E-state index < -0.39 is 11.7 Å². The molecule has 100 valence electrons. The van der Waals surface area contributed by atoms with E-state index in [9.17, 15) is 9.18 Å². The molecule has 4 nitrogen and oxygen atoms in total. The first-order valence-electron chi connectivity index (χ1n) is 5.67.